The Kier molecular flexibility index (Phi) is 4.26. The van der Waals surface area contributed by atoms with Gasteiger partial charge in [0, 0.05) is 6.54 Å². The van der Waals surface area contributed by atoms with Crippen molar-refractivity contribution in [2.75, 3.05) is 19.8 Å². The standard InChI is InChI=1S/C13H17N3O2/c1-4-5-14-8-11-9(2)16-12(10(3)15-11)13-17-6-7-18-13/h1,13-14H,5-8H2,2-3H3. The Morgan fingerprint density at radius 1 is 1.28 bits per heavy atom. The van der Waals surface area contributed by atoms with Crippen LogP contribution in [-0.4, -0.2) is 29.7 Å². The van der Waals surface area contributed by atoms with E-state index in [1.165, 1.54) is 0 Å². The molecule has 0 bridgehead atoms. The number of aryl methyl sites for hydroxylation is 2. The van der Waals surface area contributed by atoms with Gasteiger partial charge in [-0.2, -0.15) is 0 Å². The third-order valence-corrected chi connectivity index (χ3v) is 2.74. The maximum atomic E-state index is 5.45. The molecule has 1 aliphatic heterocycles. The van der Waals surface area contributed by atoms with Crippen molar-refractivity contribution in [3.8, 4) is 12.3 Å². The van der Waals surface area contributed by atoms with Gasteiger partial charge >= 0.3 is 0 Å². The molecule has 0 atom stereocenters. The van der Waals surface area contributed by atoms with E-state index in [1.54, 1.807) is 0 Å². The van der Waals surface area contributed by atoms with Gasteiger partial charge in [0.25, 0.3) is 0 Å². The summed E-state index contributed by atoms with van der Waals surface area (Å²) < 4.78 is 10.9. The Balaban J connectivity index is 2.15. The van der Waals surface area contributed by atoms with Gasteiger partial charge in [0.15, 0.2) is 0 Å². The molecule has 0 saturated carbocycles. The van der Waals surface area contributed by atoms with Crippen LogP contribution >= 0.6 is 0 Å². The summed E-state index contributed by atoms with van der Waals surface area (Å²) in [5.74, 6) is 2.53. The molecule has 1 aliphatic rings. The lowest BCUT2D eigenvalue weighted by Crippen LogP contribution is -2.18. The largest absolute Gasteiger partial charge is 0.345 e. The first-order valence-electron chi connectivity index (χ1n) is 5.93. The van der Waals surface area contributed by atoms with Crippen molar-refractivity contribution in [3.05, 3.63) is 22.8 Å². The van der Waals surface area contributed by atoms with Crippen LogP contribution in [0, 0.1) is 26.2 Å². The highest BCUT2D eigenvalue weighted by atomic mass is 16.7. The maximum Gasteiger partial charge on any atom is 0.203 e. The summed E-state index contributed by atoms with van der Waals surface area (Å²) >= 11 is 0. The molecular formula is C13H17N3O2. The quantitative estimate of drug-likeness (QED) is 0.632. The van der Waals surface area contributed by atoms with E-state index in [2.05, 4.69) is 21.2 Å². The molecule has 18 heavy (non-hydrogen) atoms. The third-order valence-electron chi connectivity index (χ3n) is 2.74. The molecule has 0 aliphatic carbocycles. The van der Waals surface area contributed by atoms with Crippen molar-refractivity contribution in [2.24, 2.45) is 0 Å². The van der Waals surface area contributed by atoms with E-state index in [0.717, 1.165) is 22.8 Å². The Hall–Kier alpha value is -1.48. The van der Waals surface area contributed by atoms with Crippen LogP contribution in [0.25, 0.3) is 0 Å². The summed E-state index contributed by atoms with van der Waals surface area (Å²) in [4.78, 5) is 9.06. The van der Waals surface area contributed by atoms with Crippen molar-refractivity contribution in [1.82, 2.24) is 15.3 Å². The summed E-state index contributed by atoms with van der Waals surface area (Å²) in [5, 5.41) is 3.11. The molecule has 5 nitrogen and oxygen atoms in total. The van der Waals surface area contributed by atoms with Crippen LogP contribution in [0.15, 0.2) is 0 Å². The third kappa shape index (κ3) is 2.85. The highest BCUT2D eigenvalue weighted by molar-refractivity contribution is 5.20. The van der Waals surface area contributed by atoms with E-state index in [0.29, 0.717) is 26.3 Å². The lowest BCUT2D eigenvalue weighted by atomic mass is 10.2. The van der Waals surface area contributed by atoms with Gasteiger partial charge < -0.3 is 14.8 Å². The van der Waals surface area contributed by atoms with Crippen molar-refractivity contribution in [1.29, 1.82) is 0 Å². The van der Waals surface area contributed by atoms with Crippen LogP contribution in [0.3, 0.4) is 0 Å². The van der Waals surface area contributed by atoms with E-state index >= 15 is 0 Å². The molecule has 2 rings (SSSR count). The van der Waals surface area contributed by atoms with Crippen LogP contribution in [0.1, 0.15) is 29.1 Å². The average Bonchev–Trinajstić information content (AvgIpc) is 2.87. The first-order valence-corrected chi connectivity index (χ1v) is 5.93. The van der Waals surface area contributed by atoms with Crippen molar-refractivity contribution < 1.29 is 9.47 Å². The van der Waals surface area contributed by atoms with E-state index in [1.807, 2.05) is 13.8 Å². The Morgan fingerprint density at radius 2 is 2.00 bits per heavy atom. The molecule has 5 heteroatoms. The monoisotopic (exact) mass is 247 g/mol. The molecule has 2 heterocycles. The number of nitrogens with one attached hydrogen (secondary N) is 1. The number of hydrogen-bond acceptors (Lipinski definition) is 5. The SMILES string of the molecule is C#CCNCc1nc(C)c(C2OCCO2)nc1C. The van der Waals surface area contributed by atoms with Crippen LogP contribution in [0.4, 0.5) is 0 Å². The molecular weight excluding hydrogens is 230 g/mol. The Labute approximate surface area is 107 Å². The average molecular weight is 247 g/mol. The lowest BCUT2D eigenvalue weighted by molar-refractivity contribution is -0.0481. The van der Waals surface area contributed by atoms with Crippen LogP contribution < -0.4 is 5.32 Å². The van der Waals surface area contributed by atoms with E-state index in [4.69, 9.17) is 15.9 Å². The van der Waals surface area contributed by atoms with Gasteiger partial charge in [0.1, 0.15) is 5.69 Å². The predicted molar refractivity (Wildman–Crippen MR) is 66.7 cm³/mol. The van der Waals surface area contributed by atoms with Gasteiger partial charge in [0.2, 0.25) is 6.29 Å². The number of ether oxygens (including phenoxy) is 2. The maximum absolute atomic E-state index is 5.45. The number of nitrogens with zero attached hydrogens (tertiary/aromatic N) is 2. The Morgan fingerprint density at radius 3 is 2.67 bits per heavy atom. The topological polar surface area (TPSA) is 56.3 Å². The van der Waals surface area contributed by atoms with Gasteiger partial charge in [-0.3, -0.25) is 4.98 Å². The second-order valence-corrected chi connectivity index (χ2v) is 4.11. The van der Waals surface area contributed by atoms with Gasteiger partial charge in [0.05, 0.1) is 36.8 Å². The summed E-state index contributed by atoms with van der Waals surface area (Å²) in [7, 11) is 0. The summed E-state index contributed by atoms with van der Waals surface area (Å²) in [6.07, 6.45) is 4.81. The van der Waals surface area contributed by atoms with E-state index < -0.39 is 0 Å². The molecule has 1 N–H and O–H groups in total. The minimum Gasteiger partial charge on any atom is -0.345 e. The zero-order valence-electron chi connectivity index (χ0n) is 10.7. The highest BCUT2D eigenvalue weighted by Crippen LogP contribution is 2.24. The summed E-state index contributed by atoms with van der Waals surface area (Å²) in [6, 6.07) is 0. The fourth-order valence-electron chi connectivity index (χ4n) is 1.83. The first kappa shape index (κ1) is 13.0. The number of rotatable bonds is 4. The zero-order valence-corrected chi connectivity index (χ0v) is 10.7. The fraction of sp³-hybridized carbons (Fsp3) is 0.538. The van der Waals surface area contributed by atoms with Gasteiger partial charge in [-0.1, -0.05) is 5.92 Å². The van der Waals surface area contributed by atoms with Crippen molar-refractivity contribution in [2.45, 2.75) is 26.7 Å². The molecule has 96 valence electrons. The zero-order chi connectivity index (χ0) is 13.0. The Bertz CT molecular complexity index is 462. The molecule has 1 saturated heterocycles. The van der Waals surface area contributed by atoms with Crippen molar-refractivity contribution >= 4 is 0 Å². The normalized spacial score (nSPS) is 15.8. The number of aromatic nitrogens is 2. The fourth-order valence-corrected chi connectivity index (χ4v) is 1.83. The first-order chi connectivity index (χ1) is 8.72. The van der Waals surface area contributed by atoms with Gasteiger partial charge in [-0.15, -0.1) is 6.42 Å². The molecule has 0 spiro atoms. The molecule has 0 amide bonds. The van der Waals surface area contributed by atoms with E-state index in [9.17, 15) is 0 Å². The molecule has 1 aromatic rings. The van der Waals surface area contributed by atoms with Crippen molar-refractivity contribution in [3.63, 3.8) is 0 Å². The van der Waals surface area contributed by atoms with Crippen LogP contribution in [0.5, 0.6) is 0 Å². The molecule has 1 fully saturated rings. The number of terminal acetylenes is 1. The minimum absolute atomic E-state index is 0.371. The lowest BCUT2D eigenvalue weighted by Gasteiger charge is -2.14. The summed E-state index contributed by atoms with van der Waals surface area (Å²) in [5.41, 5.74) is 3.39. The molecule has 0 unspecified atom stereocenters. The van der Waals surface area contributed by atoms with Crippen LogP contribution in [0.2, 0.25) is 0 Å². The molecule has 0 radical (unpaired) electrons. The second kappa shape index (κ2) is 5.91. The molecule has 1 aromatic heterocycles. The number of hydrogen-bond donors (Lipinski definition) is 1. The summed E-state index contributed by atoms with van der Waals surface area (Å²) in [6.45, 7) is 6.20. The van der Waals surface area contributed by atoms with E-state index in [-0.39, 0.29) is 6.29 Å². The van der Waals surface area contributed by atoms with Crippen LogP contribution in [-0.2, 0) is 16.0 Å². The van der Waals surface area contributed by atoms with Gasteiger partial charge in [-0.05, 0) is 13.8 Å². The smallest absolute Gasteiger partial charge is 0.203 e. The molecule has 0 aromatic carbocycles. The predicted octanol–water partition coefficient (Wildman–Crippen LogP) is 0.862. The minimum atomic E-state index is -0.371. The highest BCUT2D eigenvalue weighted by Gasteiger charge is 2.23. The van der Waals surface area contributed by atoms with Gasteiger partial charge in [-0.25, -0.2) is 4.98 Å². The second-order valence-electron chi connectivity index (χ2n) is 4.11.